The molecule has 0 saturated carbocycles. The molecule has 1 rings (SSSR count). The average Bonchev–Trinajstić information content (AvgIpc) is 2.29. The van der Waals surface area contributed by atoms with Crippen molar-refractivity contribution in [3.8, 4) is 5.75 Å². The average molecular weight is 230 g/mol. The van der Waals surface area contributed by atoms with Crippen LogP contribution in [0.3, 0.4) is 0 Å². The SMILES string of the molecule is CCC(Oc1ccc(F)c(F)c1)C(N)=NO. The highest BCUT2D eigenvalue weighted by Gasteiger charge is 2.14. The number of ether oxygens (including phenoxy) is 1. The van der Waals surface area contributed by atoms with E-state index < -0.39 is 17.7 Å². The Bertz CT molecular complexity index is 396. The van der Waals surface area contributed by atoms with E-state index in [9.17, 15) is 8.78 Å². The summed E-state index contributed by atoms with van der Waals surface area (Å²) < 4.78 is 30.7. The first-order valence-electron chi connectivity index (χ1n) is 4.67. The molecule has 1 aromatic rings. The molecule has 0 heterocycles. The molecule has 0 spiro atoms. The van der Waals surface area contributed by atoms with E-state index in [0.29, 0.717) is 6.42 Å². The van der Waals surface area contributed by atoms with E-state index in [1.807, 2.05) is 0 Å². The van der Waals surface area contributed by atoms with Gasteiger partial charge in [0.2, 0.25) is 0 Å². The van der Waals surface area contributed by atoms with Gasteiger partial charge < -0.3 is 15.7 Å². The van der Waals surface area contributed by atoms with Crippen molar-refractivity contribution in [1.29, 1.82) is 0 Å². The molecule has 0 aromatic heterocycles. The zero-order valence-electron chi connectivity index (χ0n) is 8.65. The summed E-state index contributed by atoms with van der Waals surface area (Å²) in [7, 11) is 0. The molecule has 1 atom stereocenters. The van der Waals surface area contributed by atoms with E-state index >= 15 is 0 Å². The third-order valence-electron chi connectivity index (χ3n) is 1.99. The van der Waals surface area contributed by atoms with Gasteiger partial charge in [0.1, 0.15) is 5.75 Å². The van der Waals surface area contributed by atoms with Crippen molar-refractivity contribution in [3.63, 3.8) is 0 Å². The maximum atomic E-state index is 12.9. The minimum Gasteiger partial charge on any atom is -0.482 e. The van der Waals surface area contributed by atoms with Crippen LogP contribution in [-0.2, 0) is 0 Å². The first-order valence-corrected chi connectivity index (χ1v) is 4.67. The third kappa shape index (κ3) is 2.82. The Balaban J connectivity index is 2.82. The lowest BCUT2D eigenvalue weighted by molar-refractivity contribution is 0.245. The lowest BCUT2D eigenvalue weighted by Gasteiger charge is -2.15. The predicted octanol–water partition coefficient (Wildman–Crippen LogP) is 1.87. The minimum atomic E-state index is -1.01. The number of nitrogens with zero attached hydrogens (tertiary/aromatic N) is 1. The van der Waals surface area contributed by atoms with Crippen molar-refractivity contribution < 1.29 is 18.7 Å². The highest BCUT2D eigenvalue weighted by atomic mass is 19.2. The standard InChI is InChI=1S/C10H12F2N2O2/c1-2-9(10(13)14-15)16-6-3-4-7(11)8(12)5-6/h3-5,9,15H,2H2,1H3,(H2,13,14). The first-order chi connectivity index (χ1) is 7.58. The van der Waals surface area contributed by atoms with Gasteiger partial charge >= 0.3 is 0 Å². The van der Waals surface area contributed by atoms with Gasteiger partial charge in [-0.25, -0.2) is 8.78 Å². The van der Waals surface area contributed by atoms with Gasteiger partial charge in [-0.05, 0) is 18.6 Å². The Labute approximate surface area is 91.3 Å². The van der Waals surface area contributed by atoms with Crippen LogP contribution in [0.15, 0.2) is 23.4 Å². The van der Waals surface area contributed by atoms with Gasteiger partial charge in [-0.15, -0.1) is 0 Å². The Morgan fingerprint density at radius 3 is 2.69 bits per heavy atom. The smallest absolute Gasteiger partial charge is 0.180 e. The number of oxime groups is 1. The number of rotatable bonds is 4. The van der Waals surface area contributed by atoms with E-state index in [0.717, 1.165) is 12.1 Å². The number of amidine groups is 1. The molecule has 0 radical (unpaired) electrons. The number of hydrogen-bond acceptors (Lipinski definition) is 3. The second-order valence-corrected chi connectivity index (χ2v) is 3.12. The van der Waals surface area contributed by atoms with Gasteiger partial charge in [-0.3, -0.25) is 0 Å². The van der Waals surface area contributed by atoms with Gasteiger partial charge in [-0.2, -0.15) is 0 Å². The van der Waals surface area contributed by atoms with Crippen LogP contribution in [-0.4, -0.2) is 17.1 Å². The topological polar surface area (TPSA) is 67.8 Å². The number of hydrogen-bond donors (Lipinski definition) is 2. The molecule has 0 aliphatic rings. The summed E-state index contributed by atoms with van der Waals surface area (Å²) in [5.74, 6) is -1.96. The summed E-state index contributed by atoms with van der Waals surface area (Å²) in [6, 6.07) is 3.12. The van der Waals surface area contributed by atoms with Crippen LogP contribution in [0.5, 0.6) is 5.75 Å². The highest BCUT2D eigenvalue weighted by Crippen LogP contribution is 2.17. The van der Waals surface area contributed by atoms with Gasteiger partial charge in [0.15, 0.2) is 23.6 Å². The molecule has 0 bridgehead atoms. The zero-order valence-corrected chi connectivity index (χ0v) is 8.65. The minimum absolute atomic E-state index is 0.118. The second-order valence-electron chi connectivity index (χ2n) is 3.12. The van der Waals surface area contributed by atoms with Crippen molar-refractivity contribution >= 4 is 5.84 Å². The van der Waals surface area contributed by atoms with Gasteiger partial charge in [0.05, 0.1) is 0 Å². The molecule has 0 fully saturated rings. The fourth-order valence-electron chi connectivity index (χ4n) is 1.13. The van der Waals surface area contributed by atoms with Crippen molar-refractivity contribution in [2.24, 2.45) is 10.9 Å². The van der Waals surface area contributed by atoms with Crippen LogP contribution in [0, 0.1) is 11.6 Å². The highest BCUT2D eigenvalue weighted by molar-refractivity contribution is 5.84. The largest absolute Gasteiger partial charge is 0.482 e. The molecule has 16 heavy (non-hydrogen) atoms. The van der Waals surface area contributed by atoms with Gasteiger partial charge in [0.25, 0.3) is 0 Å². The third-order valence-corrected chi connectivity index (χ3v) is 1.99. The molecule has 0 saturated heterocycles. The van der Waals surface area contributed by atoms with Crippen molar-refractivity contribution in [1.82, 2.24) is 0 Å². The van der Waals surface area contributed by atoms with E-state index in [2.05, 4.69) is 5.16 Å². The molecule has 3 N–H and O–H groups in total. The summed E-state index contributed by atoms with van der Waals surface area (Å²) in [5.41, 5.74) is 5.35. The quantitative estimate of drug-likeness (QED) is 0.359. The molecule has 88 valence electrons. The first kappa shape index (κ1) is 12.2. The predicted molar refractivity (Wildman–Crippen MR) is 54.5 cm³/mol. The Kier molecular flexibility index (Phi) is 4.04. The summed E-state index contributed by atoms with van der Waals surface area (Å²) in [6.07, 6.45) is -0.232. The monoisotopic (exact) mass is 230 g/mol. The van der Waals surface area contributed by atoms with Crippen LogP contribution >= 0.6 is 0 Å². The summed E-state index contributed by atoms with van der Waals surface area (Å²) in [5, 5.41) is 11.3. The second kappa shape index (κ2) is 5.29. The molecule has 0 aliphatic carbocycles. The molecule has 4 nitrogen and oxygen atoms in total. The summed E-state index contributed by atoms with van der Waals surface area (Å²) in [6.45, 7) is 1.75. The molecule has 0 aliphatic heterocycles. The van der Waals surface area contributed by atoms with Crippen LogP contribution in [0.1, 0.15) is 13.3 Å². The van der Waals surface area contributed by atoms with E-state index in [1.54, 1.807) is 6.92 Å². The van der Waals surface area contributed by atoms with Crippen LogP contribution < -0.4 is 10.5 Å². The molecular weight excluding hydrogens is 218 g/mol. The van der Waals surface area contributed by atoms with Crippen LogP contribution in [0.25, 0.3) is 0 Å². The van der Waals surface area contributed by atoms with Crippen LogP contribution in [0.4, 0.5) is 8.78 Å². The maximum absolute atomic E-state index is 12.9. The molecule has 0 amide bonds. The van der Waals surface area contributed by atoms with E-state index in [4.69, 9.17) is 15.7 Å². The Morgan fingerprint density at radius 1 is 1.50 bits per heavy atom. The van der Waals surface area contributed by atoms with Crippen molar-refractivity contribution in [2.45, 2.75) is 19.4 Å². The Morgan fingerprint density at radius 2 is 2.19 bits per heavy atom. The lowest BCUT2D eigenvalue weighted by Crippen LogP contribution is -2.33. The molecule has 1 unspecified atom stereocenters. The fourth-order valence-corrected chi connectivity index (χ4v) is 1.13. The maximum Gasteiger partial charge on any atom is 0.180 e. The van der Waals surface area contributed by atoms with E-state index in [1.165, 1.54) is 6.07 Å². The molecular formula is C10H12F2N2O2. The van der Waals surface area contributed by atoms with Crippen LogP contribution in [0.2, 0.25) is 0 Å². The van der Waals surface area contributed by atoms with E-state index in [-0.39, 0.29) is 11.6 Å². The number of halogens is 2. The van der Waals surface area contributed by atoms with Crippen molar-refractivity contribution in [3.05, 3.63) is 29.8 Å². The zero-order chi connectivity index (χ0) is 12.1. The number of nitrogens with two attached hydrogens (primary N) is 1. The fraction of sp³-hybridized carbons (Fsp3) is 0.300. The summed E-state index contributed by atoms with van der Waals surface area (Å²) >= 11 is 0. The molecule has 6 heteroatoms. The lowest BCUT2D eigenvalue weighted by atomic mass is 10.2. The summed E-state index contributed by atoms with van der Waals surface area (Å²) in [4.78, 5) is 0. The van der Waals surface area contributed by atoms with Gasteiger partial charge in [-0.1, -0.05) is 12.1 Å². The Hall–Kier alpha value is -1.85. The normalized spacial score (nSPS) is 13.6. The van der Waals surface area contributed by atoms with Crippen molar-refractivity contribution in [2.75, 3.05) is 0 Å². The number of benzene rings is 1. The van der Waals surface area contributed by atoms with Gasteiger partial charge in [0, 0.05) is 6.07 Å². The molecule has 1 aromatic carbocycles.